The van der Waals surface area contributed by atoms with Gasteiger partial charge in [-0.1, -0.05) is 276 Å². The van der Waals surface area contributed by atoms with E-state index >= 15 is 0 Å². The summed E-state index contributed by atoms with van der Waals surface area (Å²) in [6.07, 6.45) is 68.9. The fraction of sp³-hybridized carbons (Fsp3) is 0.889. The molecule has 406 valence electrons. The van der Waals surface area contributed by atoms with Crippen molar-refractivity contribution in [2.75, 3.05) is 13.2 Å². The van der Waals surface area contributed by atoms with E-state index in [9.17, 15) is 14.4 Å². The third-order valence-electron chi connectivity index (χ3n) is 13.9. The molecule has 69 heavy (non-hydrogen) atoms. The molecule has 0 heterocycles. The van der Waals surface area contributed by atoms with E-state index in [2.05, 4.69) is 45.1 Å². The Kier molecular flexibility index (Phi) is 56.7. The Bertz CT molecular complexity index is 1110. The fourth-order valence-electron chi connectivity index (χ4n) is 9.26. The minimum Gasteiger partial charge on any atom is -0.462 e. The standard InChI is InChI=1S/C63H118O6/c1-4-7-10-13-16-19-22-25-27-29-31-33-34-36-38-41-44-47-50-53-56-62(65)68-59-60(58-67-61(64)55-52-49-46-43-40-24-21-18-15-12-9-6-3)69-63(66)57-54-51-48-45-42-39-37-35-32-30-28-26-23-20-17-14-11-8-5-2/h18,21,26,28,60H,4-17,19-20,22-25,27,29-59H2,1-3H3/b21-18-,28-26-. The maximum atomic E-state index is 12.9. The van der Waals surface area contributed by atoms with Gasteiger partial charge in [0.25, 0.3) is 0 Å². The molecular formula is C63H118O6. The first-order chi connectivity index (χ1) is 34.0. The Balaban J connectivity index is 4.27. The Morgan fingerprint density at radius 3 is 0.754 bits per heavy atom. The van der Waals surface area contributed by atoms with E-state index in [1.807, 2.05) is 0 Å². The molecule has 0 saturated carbocycles. The first-order valence-electron chi connectivity index (χ1n) is 30.8. The van der Waals surface area contributed by atoms with Gasteiger partial charge in [0.15, 0.2) is 6.10 Å². The van der Waals surface area contributed by atoms with Crippen LogP contribution in [0.1, 0.15) is 342 Å². The molecule has 0 aliphatic carbocycles. The summed E-state index contributed by atoms with van der Waals surface area (Å²) >= 11 is 0. The van der Waals surface area contributed by atoms with Crippen LogP contribution in [0.15, 0.2) is 24.3 Å². The maximum Gasteiger partial charge on any atom is 0.306 e. The number of hydrogen-bond donors (Lipinski definition) is 0. The van der Waals surface area contributed by atoms with Gasteiger partial charge in [-0.15, -0.1) is 0 Å². The highest BCUT2D eigenvalue weighted by atomic mass is 16.6. The van der Waals surface area contributed by atoms with Gasteiger partial charge in [0.1, 0.15) is 13.2 Å². The van der Waals surface area contributed by atoms with Gasteiger partial charge in [-0.05, 0) is 70.6 Å². The van der Waals surface area contributed by atoms with Crippen LogP contribution < -0.4 is 0 Å². The van der Waals surface area contributed by atoms with E-state index in [0.717, 1.165) is 64.2 Å². The number of hydrogen-bond acceptors (Lipinski definition) is 6. The molecule has 0 saturated heterocycles. The summed E-state index contributed by atoms with van der Waals surface area (Å²) in [6, 6.07) is 0. The Morgan fingerprint density at radius 1 is 0.275 bits per heavy atom. The molecule has 0 aromatic heterocycles. The van der Waals surface area contributed by atoms with Crippen molar-refractivity contribution >= 4 is 17.9 Å². The van der Waals surface area contributed by atoms with Crippen LogP contribution in [0.5, 0.6) is 0 Å². The van der Waals surface area contributed by atoms with Crippen LogP contribution in [-0.2, 0) is 28.6 Å². The molecule has 6 nitrogen and oxygen atoms in total. The molecule has 0 aromatic carbocycles. The van der Waals surface area contributed by atoms with Gasteiger partial charge in [0, 0.05) is 19.3 Å². The highest BCUT2D eigenvalue weighted by Crippen LogP contribution is 2.17. The fourth-order valence-corrected chi connectivity index (χ4v) is 9.26. The summed E-state index contributed by atoms with van der Waals surface area (Å²) < 4.78 is 16.9. The zero-order valence-electron chi connectivity index (χ0n) is 46.6. The summed E-state index contributed by atoms with van der Waals surface area (Å²) in [5.74, 6) is -0.859. The first kappa shape index (κ1) is 66.9. The van der Waals surface area contributed by atoms with E-state index in [4.69, 9.17) is 14.2 Å². The van der Waals surface area contributed by atoms with Crippen LogP contribution >= 0.6 is 0 Å². The molecule has 1 atom stereocenters. The second-order valence-electron chi connectivity index (χ2n) is 21.0. The smallest absolute Gasteiger partial charge is 0.306 e. The molecule has 0 N–H and O–H groups in total. The molecule has 0 aliphatic rings. The average molecular weight is 972 g/mol. The van der Waals surface area contributed by atoms with Gasteiger partial charge < -0.3 is 14.2 Å². The highest BCUT2D eigenvalue weighted by Gasteiger charge is 2.19. The second-order valence-corrected chi connectivity index (χ2v) is 21.0. The molecule has 0 amide bonds. The molecular weight excluding hydrogens is 853 g/mol. The molecule has 6 heteroatoms. The molecule has 0 bridgehead atoms. The third-order valence-corrected chi connectivity index (χ3v) is 13.9. The van der Waals surface area contributed by atoms with Crippen molar-refractivity contribution in [3.63, 3.8) is 0 Å². The van der Waals surface area contributed by atoms with Gasteiger partial charge >= 0.3 is 17.9 Å². The number of carbonyl (C=O) groups excluding carboxylic acids is 3. The van der Waals surface area contributed by atoms with E-state index in [1.54, 1.807) is 0 Å². The van der Waals surface area contributed by atoms with E-state index in [-0.39, 0.29) is 31.1 Å². The predicted octanol–water partition coefficient (Wildman–Crippen LogP) is 20.7. The van der Waals surface area contributed by atoms with Crippen molar-refractivity contribution in [2.45, 2.75) is 348 Å². The van der Waals surface area contributed by atoms with Gasteiger partial charge in [0.2, 0.25) is 0 Å². The number of esters is 3. The van der Waals surface area contributed by atoms with E-state index in [1.165, 1.54) is 238 Å². The minimum atomic E-state index is -0.772. The van der Waals surface area contributed by atoms with Gasteiger partial charge in [-0.3, -0.25) is 14.4 Å². The van der Waals surface area contributed by atoms with Crippen LogP contribution in [0.25, 0.3) is 0 Å². The van der Waals surface area contributed by atoms with Crippen molar-refractivity contribution in [2.24, 2.45) is 0 Å². The summed E-state index contributed by atoms with van der Waals surface area (Å²) in [5, 5.41) is 0. The number of allylic oxidation sites excluding steroid dienone is 4. The normalized spacial score (nSPS) is 12.1. The molecule has 0 fully saturated rings. The lowest BCUT2D eigenvalue weighted by atomic mass is 10.0. The summed E-state index contributed by atoms with van der Waals surface area (Å²) in [7, 11) is 0. The SMILES string of the molecule is CCCCC/C=C\CCCCCCCC(=O)OCC(COC(=O)CCCCCCCCCCCCCCCCCCCCCC)OC(=O)CCCCCCCCCCC/C=C\CCCCCCCC. The molecule has 0 rings (SSSR count). The largest absolute Gasteiger partial charge is 0.462 e. The van der Waals surface area contributed by atoms with Crippen molar-refractivity contribution in [3.05, 3.63) is 24.3 Å². The van der Waals surface area contributed by atoms with Gasteiger partial charge in [-0.2, -0.15) is 0 Å². The van der Waals surface area contributed by atoms with Gasteiger partial charge in [0.05, 0.1) is 0 Å². The number of ether oxygens (including phenoxy) is 3. The maximum absolute atomic E-state index is 12.9. The van der Waals surface area contributed by atoms with E-state index in [0.29, 0.717) is 19.3 Å². The van der Waals surface area contributed by atoms with Crippen molar-refractivity contribution in [3.8, 4) is 0 Å². The lowest BCUT2D eigenvalue weighted by Crippen LogP contribution is -2.30. The van der Waals surface area contributed by atoms with Crippen molar-refractivity contribution in [1.29, 1.82) is 0 Å². The molecule has 0 radical (unpaired) electrons. The molecule has 0 aromatic rings. The zero-order valence-corrected chi connectivity index (χ0v) is 46.6. The predicted molar refractivity (Wildman–Crippen MR) is 298 cm³/mol. The van der Waals surface area contributed by atoms with Crippen LogP contribution in [0.2, 0.25) is 0 Å². The molecule has 0 spiro atoms. The number of rotatable bonds is 57. The van der Waals surface area contributed by atoms with Crippen LogP contribution in [0.4, 0.5) is 0 Å². The first-order valence-corrected chi connectivity index (χ1v) is 30.8. The van der Waals surface area contributed by atoms with Crippen molar-refractivity contribution in [1.82, 2.24) is 0 Å². The third kappa shape index (κ3) is 56.7. The second kappa shape index (κ2) is 58.5. The zero-order chi connectivity index (χ0) is 50.0. The van der Waals surface area contributed by atoms with E-state index < -0.39 is 6.10 Å². The average Bonchev–Trinajstić information content (AvgIpc) is 3.35. The van der Waals surface area contributed by atoms with Crippen LogP contribution in [0, 0.1) is 0 Å². The van der Waals surface area contributed by atoms with Gasteiger partial charge in [-0.25, -0.2) is 0 Å². The number of unbranched alkanes of at least 4 members (excludes halogenated alkanes) is 42. The summed E-state index contributed by atoms with van der Waals surface area (Å²) in [6.45, 7) is 6.66. The summed E-state index contributed by atoms with van der Waals surface area (Å²) in [5.41, 5.74) is 0. The molecule has 1 unspecified atom stereocenters. The quantitative estimate of drug-likeness (QED) is 0.0261. The Labute approximate surface area is 430 Å². The van der Waals surface area contributed by atoms with Crippen LogP contribution in [0.3, 0.4) is 0 Å². The topological polar surface area (TPSA) is 78.9 Å². The Morgan fingerprint density at radius 2 is 0.478 bits per heavy atom. The lowest BCUT2D eigenvalue weighted by Gasteiger charge is -2.18. The monoisotopic (exact) mass is 971 g/mol. The highest BCUT2D eigenvalue weighted by molar-refractivity contribution is 5.71. The van der Waals surface area contributed by atoms with Crippen LogP contribution in [-0.4, -0.2) is 37.2 Å². The lowest BCUT2D eigenvalue weighted by molar-refractivity contribution is -0.167. The van der Waals surface area contributed by atoms with Crippen molar-refractivity contribution < 1.29 is 28.6 Å². The number of carbonyl (C=O) groups is 3. The Hall–Kier alpha value is -2.11. The summed E-state index contributed by atoms with van der Waals surface area (Å²) in [4.78, 5) is 38.2. The minimum absolute atomic E-state index is 0.0699. The molecule has 0 aliphatic heterocycles.